The van der Waals surface area contributed by atoms with Gasteiger partial charge in [-0.05, 0) is 29.1 Å². The van der Waals surface area contributed by atoms with Gasteiger partial charge in [0.2, 0.25) is 0 Å². The van der Waals surface area contributed by atoms with E-state index in [9.17, 15) is 0 Å². The van der Waals surface area contributed by atoms with E-state index in [0.29, 0.717) is 13.2 Å². The molecule has 1 atom stereocenters. The van der Waals surface area contributed by atoms with Crippen molar-refractivity contribution in [3.05, 3.63) is 46.2 Å². The number of benzene rings is 1. The molecule has 3 nitrogen and oxygen atoms in total. The van der Waals surface area contributed by atoms with Gasteiger partial charge in [0, 0.05) is 11.3 Å². The Morgan fingerprint density at radius 1 is 1.11 bits per heavy atom. The van der Waals surface area contributed by atoms with E-state index in [2.05, 4.69) is 6.07 Å². The van der Waals surface area contributed by atoms with E-state index in [4.69, 9.17) is 15.2 Å². The van der Waals surface area contributed by atoms with E-state index in [1.807, 2.05) is 29.6 Å². The van der Waals surface area contributed by atoms with Crippen molar-refractivity contribution in [3.63, 3.8) is 0 Å². The van der Waals surface area contributed by atoms with E-state index in [1.54, 1.807) is 11.3 Å². The largest absolute Gasteiger partial charge is 0.490 e. The molecule has 0 aliphatic carbocycles. The van der Waals surface area contributed by atoms with Gasteiger partial charge in [0.05, 0.1) is 19.3 Å². The van der Waals surface area contributed by atoms with E-state index in [0.717, 1.165) is 28.4 Å². The van der Waals surface area contributed by atoms with Crippen LogP contribution in [0.1, 0.15) is 22.9 Å². The van der Waals surface area contributed by atoms with E-state index < -0.39 is 0 Å². The molecular weight excluding hydrogens is 246 g/mol. The highest BCUT2D eigenvalue weighted by Gasteiger charge is 2.15. The molecule has 0 radical (unpaired) electrons. The predicted molar refractivity (Wildman–Crippen MR) is 72.4 cm³/mol. The summed E-state index contributed by atoms with van der Waals surface area (Å²) in [6, 6.07) is 9.93. The molecule has 0 fully saturated rings. The second kappa shape index (κ2) is 5.00. The fraction of sp³-hybridized carbons (Fsp3) is 0.286. The van der Waals surface area contributed by atoms with Gasteiger partial charge < -0.3 is 15.2 Å². The van der Waals surface area contributed by atoms with Gasteiger partial charge >= 0.3 is 0 Å². The van der Waals surface area contributed by atoms with Gasteiger partial charge in [-0.15, -0.1) is 11.3 Å². The van der Waals surface area contributed by atoms with Crippen LogP contribution in [0.3, 0.4) is 0 Å². The average molecular weight is 261 g/mol. The first-order valence-electron chi connectivity index (χ1n) is 6.03. The number of fused-ring (bicyclic) bond motifs is 1. The molecule has 18 heavy (non-hydrogen) atoms. The number of thiophene rings is 1. The summed E-state index contributed by atoms with van der Waals surface area (Å²) in [5.74, 6) is 1.62. The summed E-state index contributed by atoms with van der Waals surface area (Å²) in [5.41, 5.74) is 7.30. The summed E-state index contributed by atoms with van der Waals surface area (Å²) >= 11 is 1.67. The first kappa shape index (κ1) is 11.6. The number of hydrogen-bond acceptors (Lipinski definition) is 4. The van der Waals surface area contributed by atoms with Crippen molar-refractivity contribution < 1.29 is 9.47 Å². The third-order valence-corrected chi connectivity index (χ3v) is 3.94. The molecule has 1 aliphatic rings. The van der Waals surface area contributed by atoms with Crippen LogP contribution in [0, 0.1) is 0 Å². The Kier molecular flexibility index (Phi) is 3.21. The Hall–Kier alpha value is -1.52. The Labute approximate surface area is 110 Å². The Morgan fingerprint density at radius 3 is 2.72 bits per heavy atom. The van der Waals surface area contributed by atoms with Crippen LogP contribution < -0.4 is 15.2 Å². The molecule has 1 aromatic heterocycles. The zero-order valence-electron chi connectivity index (χ0n) is 9.96. The van der Waals surface area contributed by atoms with Crippen molar-refractivity contribution in [1.29, 1.82) is 0 Å². The summed E-state index contributed by atoms with van der Waals surface area (Å²) in [5, 5.41) is 2.04. The van der Waals surface area contributed by atoms with Crippen molar-refractivity contribution in [2.45, 2.75) is 12.5 Å². The van der Waals surface area contributed by atoms with Crippen molar-refractivity contribution in [3.8, 4) is 11.5 Å². The number of rotatable bonds is 2. The molecule has 3 rings (SSSR count). The summed E-state index contributed by atoms with van der Waals surface area (Å²) in [6.07, 6.45) is 0.918. The number of ether oxygens (including phenoxy) is 2. The Bertz CT molecular complexity index is 525. The maximum atomic E-state index is 6.25. The molecule has 0 spiro atoms. The highest BCUT2D eigenvalue weighted by Crippen LogP contribution is 2.34. The van der Waals surface area contributed by atoms with Gasteiger partial charge in [0.15, 0.2) is 11.5 Å². The Balaban J connectivity index is 1.92. The molecule has 4 heteroatoms. The van der Waals surface area contributed by atoms with Crippen LogP contribution in [0.2, 0.25) is 0 Å². The first-order valence-corrected chi connectivity index (χ1v) is 6.91. The molecule has 2 aromatic rings. The van der Waals surface area contributed by atoms with Crippen LogP contribution in [0.15, 0.2) is 35.7 Å². The minimum Gasteiger partial charge on any atom is -0.490 e. The van der Waals surface area contributed by atoms with Crippen LogP contribution >= 0.6 is 11.3 Å². The minimum atomic E-state index is -0.0952. The van der Waals surface area contributed by atoms with Gasteiger partial charge in [-0.2, -0.15) is 0 Å². The second-order valence-electron chi connectivity index (χ2n) is 4.25. The quantitative estimate of drug-likeness (QED) is 0.904. The van der Waals surface area contributed by atoms with Gasteiger partial charge in [-0.1, -0.05) is 12.1 Å². The first-order chi connectivity index (χ1) is 8.84. The molecule has 0 amide bonds. The van der Waals surface area contributed by atoms with Crippen molar-refractivity contribution in [2.75, 3.05) is 13.2 Å². The van der Waals surface area contributed by atoms with Crippen LogP contribution in [-0.2, 0) is 0 Å². The molecule has 1 aliphatic heterocycles. The van der Waals surface area contributed by atoms with Crippen molar-refractivity contribution >= 4 is 11.3 Å². The van der Waals surface area contributed by atoms with Gasteiger partial charge in [-0.25, -0.2) is 0 Å². The van der Waals surface area contributed by atoms with Crippen LogP contribution in [0.25, 0.3) is 0 Å². The summed E-state index contributed by atoms with van der Waals surface area (Å²) in [7, 11) is 0. The van der Waals surface area contributed by atoms with E-state index in [-0.39, 0.29) is 6.04 Å². The topological polar surface area (TPSA) is 44.5 Å². The van der Waals surface area contributed by atoms with Crippen LogP contribution in [0.5, 0.6) is 11.5 Å². The zero-order chi connectivity index (χ0) is 12.4. The van der Waals surface area contributed by atoms with Crippen molar-refractivity contribution in [2.24, 2.45) is 5.73 Å². The molecule has 2 heterocycles. The number of nitrogens with two attached hydrogens (primary N) is 1. The number of hydrogen-bond donors (Lipinski definition) is 1. The minimum absolute atomic E-state index is 0.0952. The molecule has 2 N–H and O–H groups in total. The maximum absolute atomic E-state index is 6.25. The van der Waals surface area contributed by atoms with Gasteiger partial charge in [0.25, 0.3) is 0 Å². The Morgan fingerprint density at radius 2 is 1.94 bits per heavy atom. The second-order valence-corrected chi connectivity index (χ2v) is 5.23. The van der Waals surface area contributed by atoms with Crippen LogP contribution in [0.4, 0.5) is 0 Å². The molecule has 0 saturated carbocycles. The SMILES string of the molecule is NC(c1ccc2c(c1)OCCCO2)c1cccs1. The van der Waals surface area contributed by atoms with Gasteiger partial charge in [0.1, 0.15) is 0 Å². The standard InChI is InChI=1S/C14H15NO2S/c15-14(13-3-1-8-18-13)10-4-5-11-12(9-10)17-7-2-6-16-11/h1,3-5,8-9,14H,2,6-7,15H2. The molecule has 1 unspecified atom stereocenters. The van der Waals surface area contributed by atoms with E-state index >= 15 is 0 Å². The van der Waals surface area contributed by atoms with Gasteiger partial charge in [-0.3, -0.25) is 0 Å². The van der Waals surface area contributed by atoms with Crippen LogP contribution in [-0.4, -0.2) is 13.2 Å². The third-order valence-electron chi connectivity index (χ3n) is 2.98. The highest BCUT2D eigenvalue weighted by molar-refractivity contribution is 7.10. The fourth-order valence-corrected chi connectivity index (χ4v) is 2.76. The maximum Gasteiger partial charge on any atom is 0.161 e. The molecular formula is C14H15NO2S. The smallest absolute Gasteiger partial charge is 0.161 e. The normalized spacial score (nSPS) is 16.1. The summed E-state index contributed by atoms with van der Waals surface area (Å²) < 4.78 is 11.3. The molecule has 94 valence electrons. The zero-order valence-corrected chi connectivity index (χ0v) is 10.8. The lowest BCUT2D eigenvalue weighted by molar-refractivity contribution is 0.297. The summed E-state index contributed by atoms with van der Waals surface area (Å²) in [4.78, 5) is 1.16. The average Bonchev–Trinajstić information content (AvgIpc) is 2.83. The third kappa shape index (κ3) is 2.21. The van der Waals surface area contributed by atoms with Crippen molar-refractivity contribution in [1.82, 2.24) is 0 Å². The predicted octanol–water partition coefficient (Wildman–Crippen LogP) is 2.96. The monoisotopic (exact) mass is 261 g/mol. The lowest BCUT2D eigenvalue weighted by Gasteiger charge is -2.13. The molecule has 0 bridgehead atoms. The fourth-order valence-electron chi connectivity index (χ4n) is 2.01. The highest BCUT2D eigenvalue weighted by atomic mass is 32.1. The lowest BCUT2D eigenvalue weighted by atomic mass is 10.1. The molecule has 0 saturated heterocycles. The van der Waals surface area contributed by atoms with E-state index in [1.165, 1.54) is 0 Å². The molecule has 1 aromatic carbocycles. The summed E-state index contributed by atoms with van der Waals surface area (Å²) in [6.45, 7) is 1.41. The lowest BCUT2D eigenvalue weighted by Crippen LogP contribution is -2.10.